The van der Waals surface area contributed by atoms with Crippen molar-refractivity contribution in [2.24, 2.45) is 17.2 Å². The smallest absolute Gasteiger partial charge is 0.326 e. The van der Waals surface area contributed by atoms with Gasteiger partial charge in [0.25, 0.3) is 0 Å². The average Bonchev–Trinajstić information content (AvgIpc) is 2.80. The second-order valence-corrected chi connectivity index (χ2v) is 8.18. The molecule has 11 N–H and O–H groups in total. The van der Waals surface area contributed by atoms with Gasteiger partial charge in [0.05, 0.1) is 6.04 Å². The van der Waals surface area contributed by atoms with Gasteiger partial charge in [-0.15, -0.1) is 0 Å². The van der Waals surface area contributed by atoms with E-state index in [4.69, 9.17) is 17.2 Å². The first-order valence-corrected chi connectivity index (χ1v) is 11.0. The second kappa shape index (κ2) is 14.3. The summed E-state index contributed by atoms with van der Waals surface area (Å²) in [6.07, 6.45) is -0.755. The van der Waals surface area contributed by atoms with E-state index in [1.165, 1.54) is 31.2 Å². The summed E-state index contributed by atoms with van der Waals surface area (Å²) in [5, 5.41) is 25.8. The molecule has 0 radical (unpaired) electrons. The van der Waals surface area contributed by atoms with Gasteiger partial charge in [-0.2, -0.15) is 0 Å². The molecule has 0 saturated carbocycles. The quantitative estimate of drug-likeness (QED) is 0.123. The molecule has 36 heavy (non-hydrogen) atoms. The number of aromatic hydroxyl groups is 1. The van der Waals surface area contributed by atoms with E-state index in [1.54, 1.807) is 0 Å². The number of amides is 5. The molecule has 0 spiro atoms. The lowest BCUT2D eigenvalue weighted by Crippen LogP contribution is -2.56. The predicted octanol–water partition coefficient (Wildman–Crippen LogP) is -2.65. The summed E-state index contributed by atoms with van der Waals surface area (Å²) in [5.41, 5.74) is 16.4. The Hall–Kier alpha value is -4.20. The Labute approximate surface area is 206 Å². The summed E-state index contributed by atoms with van der Waals surface area (Å²) < 4.78 is 0. The van der Waals surface area contributed by atoms with Crippen molar-refractivity contribution in [3.8, 4) is 5.75 Å². The number of carboxylic acid groups (broad SMARTS) is 1. The Morgan fingerprint density at radius 2 is 1.33 bits per heavy atom. The number of hydrogen-bond donors (Lipinski definition) is 8. The Balaban J connectivity index is 2.81. The van der Waals surface area contributed by atoms with Crippen LogP contribution in [-0.2, 0) is 35.2 Å². The molecule has 0 saturated heterocycles. The predicted molar refractivity (Wildman–Crippen MR) is 126 cm³/mol. The maximum absolute atomic E-state index is 12.7. The number of nitrogens with two attached hydrogens (primary N) is 3. The normalized spacial score (nSPS) is 13.9. The van der Waals surface area contributed by atoms with Gasteiger partial charge in [0.1, 0.15) is 23.9 Å². The number of phenols is 1. The fraction of sp³-hybridized carbons (Fsp3) is 0.455. The van der Waals surface area contributed by atoms with Gasteiger partial charge < -0.3 is 43.4 Å². The molecule has 0 heterocycles. The molecule has 0 aromatic heterocycles. The molecule has 0 bridgehead atoms. The fourth-order valence-electron chi connectivity index (χ4n) is 3.01. The third-order valence-electron chi connectivity index (χ3n) is 5.09. The Kier molecular flexibility index (Phi) is 11.8. The lowest BCUT2D eigenvalue weighted by atomic mass is 10.1. The van der Waals surface area contributed by atoms with Gasteiger partial charge in [-0.05, 0) is 37.5 Å². The highest BCUT2D eigenvalue weighted by Crippen LogP contribution is 2.11. The molecule has 1 rings (SSSR count). The van der Waals surface area contributed by atoms with Crippen LogP contribution in [0.25, 0.3) is 0 Å². The Morgan fingerprint density at radius 1 is 0.806 bits per heavy atom. The zero-order valence-electron chi connectivity index (χ0n) is 19.7. The maximum atomic E-state index is 12.7. The molecule has 1 aromatic carbocycles. The number of phenolic OH excluding ortho intramolecular Hbond substituents is 1. The summed E-state index contributed by atoms with van der Waals surface area (Å²) in [6, 6.07) is 0.778. The minimum Gasteiger partial charge on any atom is -0.508 e. The van der Waals surface area contributed by atoms with Crippen LogP contribution in [0.5, 0.6) is 5.75 Å². The van der Waals surface area contributed by atoms with Gasteiger partial charge >= 0.3 is 5.97 Å². The summed E-state index contributed by atoms with van der Waals surface area (Å²) in [7, 11) is 0. The highest BCUT2D eigenvalue weighted by atomic mass is 16.4. The number of carbonyl (C=O) groups excluding carboxylic acids is 5. The van der Waals surface area contributed by atoms with Crippen molar-refractivity contribution in [1.29, 1.82) is 0 Å². The number of carboxylic acids is 1. The first-order chi connectivity index (χ1) is 16.8. The van der Waals surface area contributed by atoms with Crippen LogP contribution < -0.4 is 33.2 Å². The SMILES string of the molecule is CC(NC(=O)C(CCC(N)=O)NC(=O)C(N)CCC(N)=O)C(=O)NC(Cc1ccc(O)cc1)C(=O)O. The zero-order valence-corrected chi connectivity index (χ0v) is 19.7. The molecular weight excluding hydrogens is 476 g/mol. The monoisotopic (exact) mass is 508 g/mol. The van der Waals surface area contributed by atoms with Crippen LogP contribution in [0.3, 0.4) is 0 Å². The second-order valence-electron chi connectivity index (χ2n) is 8.18. The molecule has 1 aromatic rings. The first kappa shape index (κ1) is 29.8. The lowest BCUT2D eigenvalue weighted by molar-refractivity contribution is -0.142. The van der Waals surface area contributed by atoms with E-state index in [0.29, 0.717) is 5.56 Å². The van der Waals surface area contributed by atoms with Crippen LogP contribution >= 0.6 is 0 Å². The van der Waals surface area contributed by atoms with Gasteiger partial charge in [0.15, 0.2) is 0 Å². The van der Waals surface area contributed by atoms with E-state index in [-0.39, 0.29) is 37.9 Å². The van der Waals surface area contributed by atoms with E-state index < -0.39 is 59.7 Å². The largest absolute Gasteiger partial charge is 0.508 e. The molecule has 0 fully saturated rings. The van der Waals surface area contributed by atoms with Crippen LogP contribution in [0.2, 0.25) is 0 Å². The third-order valence-corrected chi connectivity index (χ3v) is 5.09. The van der Waals surface area contributed by atoms with Crippen LogP contribution in [0, 0.1) is 0 Å². The summed E-state index contributed by atoms with van der Waals surface area (Å²) >= 11 is 0. The van der Waals surface area contributed by atoms with E-state index in [1.807, 2.05) is 0 Å². The molecule has 5 amide bonds. The van der Waals surface area contributed by atoms with Crippen LogP contribution in [0.4, 0.5) is 0 Å². The van der Waals surface area contributed by atoms with Crippen molar-refractivity contribution in [3.63, 3.8) is 0 Å². The van der Waals surface area contributed by atoms with Crippen molar-refractivity contribution in [3.05, 3.63) is 29.8 Å². The van der Waals surface area contributed by atoms with Gasteiger partial charge in [-0.1, -0.05) is 12.1 Å². The number of nitrogens with one attached hydrogen (secondary N) is 3. The fourth-order valence-corrected chi connectivity index (χ4v) is 3.01. The molecule has 4 atom stereocenters. The van der Waals surface area contributed by atoms with Crippen LogP contribution in [0.1, 0.15) is 38.2 Å². The number of primary amides is 2. The zero-order chi connectivity index (χ0) is 27.4. The van der Waals surface area contributed by atoms with E-state index >= 15 is 0 Å². The number of rotatable bonds is 15. The number of hydrogen-bond acceptors (Lipinski definition) is 8. The summed E-state index contributed by atoms with van der Waals surface area (Å²) in [4.78, 5) is 71.3. The molecular formula is C22H32N6O8. The van der Waals surface area contributed by atoms with Crippen molar-refractivity contribution in [1.82, 2.24) is 16.0 Å². The number of benzene rings is 1. The topological polar surface area (TPSA) is 257 Å². The number of aliphatic carboxylic acids is 1. The molecule has 14 nitrogen and oxygen atoms in total. The molecule has 0 aliphatic carbocycles. The summed E-state index contributed by atoms with van der Waals surface area (Å²) in [6.45, 7) is 1.30. The van der Waals surface area contributed by atoms with E-state index in [0.717, 1.165) is 0 Å². The lowest BCUT2D eigenvalue weighted by Gasteiger charge is -2.23. The Bertz CT molecular complexity index is 968. The number of carbonyl (C=O) groups is 6. The highest BCUT2D eigenvalue weighted by Gasteiger charge is 2.28. The average molecular weight is 509 g/mol. The first-order valence-electron chi connectivity index (χ1n) is 11.0. The van der Waals surface area contributed by atoms with Crippen LogP contribution in [0.15, 0.2) is 24.3 Å². The standard InChI is InChI=1S/C22H32N6O8/c1-11(19(32)28-16(22(35)36)10-12-2-4-13(29)5-3-12)26-21(34)15(7-9-18(25)31)27-20(33)14(23)6-8-17(24)30/h2-5,11,14-16,29H,6-10,23H2,1H3,(H2,24,30)(H2,25,31)(H,26,34)(H,27,33)(H,28,32)(H,35,36). The minimum absolute atomic E-state index is 0.00204. The maximum Gasteiger partial charge on any atom is 0.326 e. The van der Waals surface area contributed by atoms with Crippen molar-refractivity contribution < 1.29 is 39.0 Å². The third kappa shape index (κ3) is 10.8. The van der Waals surface area contributed by atoms with Crippen LogP contribution in [-0.4, -0.2) is 69.9 Å². The summed E-state index contributed by atoms with van der Waals surface area (Å²) in [5.74, 6) is -5.13. The molecule has 0 aliphatic heterocycles. The van der Waals surface area contributed by atoms with Crippen molar-refractivity contribution >= 4 is 35.5 Å². The van der Waals surface area contributed by atoms with E-state index in [9.17, 15) is 39.0 Å². The van der Waals surface area contributed by atoms with Crippen molar-refractivity contribution in [2.75, 3.05) is 0 Å². The molecule has 198 valence electrons. The highest BCUT2D eigenvalue weighted by molar-refractivity contribution is 5.94. The molecule has 14 heteroatoms. The van der Waals surface area contributed by atoms with Gasteiger partial charge in [0, 0.05) is 19.3 Å². The Morgan fingerprint density at radius 3 is 1.86 bits per heavy atom. The van der Waals surface area contributed by atoms with Gasteiger partial charge in [-0.3, -0.25) is 24.0 Å². The molecule has 0 aliphatic rings. The van der Waals surface area contributed by atoms with E-state index in [2.05, 4.69) is 16.0 Å². The minimum atomic E-state index is -1.32. The van der Waals surface area contributed by atoms with Gasteiger partial charge in [0.2, 0.25) is 29.5 Å². The molecule has 4 unspecified atom stereocenters. The van der Waals surface area contributed by atoms with Crippen molar-refractivity contribution in [2.45, 2.75) is 63.2 Å². The van der Waals surface area contributed by atoms with Gasteiger partial charge in [-0.25, -0.2) is 4.79 Å².